The molecule has 0 spiro atoms. The van der Waals surface area contributed by atoms with Crippen molar-refractivity contribution in [2.75, 3.05) is 7.11 Å². The number of halogens is 3. The van der Waals surface area contributed by atoms with E-state index < -0.39 is 17.6 Å². The highest BCUT2D eigenvalue weighted by Gasteiger charge is 2.31. The van der Waals surface area contributed by atoms with E-state index >= 15 is 0 Å². The second kappa shape index (κ2) is 6.84. The van der Waals surface area contributed by atoms with Gasteiger partial charge < -0.3 is 15.0 Å². The van der Waals surface area contributed by atoms with Crippen LogP contribution >= 0.6 is 0 Å². The number of ether oxygens (including phenoxy) is 1. The Morgan fingerprint density at radius 2 is 1.90 bits per heavy atom. The fourth-order valence-electron chi connectivity index (χ4n) is 3.55. The Morgan fingerprint density at radius 1 is 1.14 bits per heavy atom. The standard InChI is InChI=1S/C22H16F3N2O2/c1-29-15-5-2-4-13(10-15)12-27-18-7-3-6-17(21(26)28)20(18)16-9-8-14(11-19(16)27)22(23,24)25/h2-8,10-11H,12H2,1H3,(H2,26,28). The van der Waals surface area contributed by atoms with E-state index in [0.29, 0.717) is 27.6 Å². The van der Waals surface area contributed by atoms with Crippen LogP contribution in [0.1, 0.15) is 21.5 Å². The van der Waals surface area contributed by atoms with Gasteiger partial charge >= 0.3 is 6.18 Å². The van der Waals surface area contributed by atoms with E-state index in [4.69, 9.17) is 10.5 Å². The average molecular weight is 397 g/mol. The summed E-state index contributed by atoms with van der Waals surface area (Å²) in [7, 11) is 1.54. The van der Waals surface area contributed by atoms with Crippen molar-refractivity contribution >= 4 is 27.7 Å². The van der Waals surface area contributed by atoms with Gasteiger partial charge in [0.05, 0.1) is 23.7 Å². The predicted molar refractivity (Wildman–Crippen MR) is 104 cm³/mol. The van der Waals surface area contributed by atoms with Crippen LogP contribution in [0.3, 0.4) is 0 Å². The Hall–Kier alpha value is -3.48. The molecule has 0 unspecified atom stereocenters. The van der Waals surface area contributed by atoms with Gasteiger partial charge in [-0.3, -0.25) is 4.79 Å². The van der Waals surface area contributed by atoms with Crippen molar-refractivity contribution in [1.29, 1.82) is 0 Å². The Labute approximate surface area is 164 Å². The van der Waals surface area contributed by atoms with E-state index in [9.17, 15) is 18.0 Å². The molecule has 1 radical (unpaired) electrons. The van der Waals surface area contributed by atoms with Gasteiger partial charge in [-0.05, 0) is 48.0 Å². The molecule has 4 rings (SSSR count). The molecule has 0 saturated heterocycles. The highest BCUT2D eigenvalue weighted by Crippen LogP contribution is 2.36. The molecule has 4 aromatic rings. The first-order chi connectivity index (χ1) is 13.8. The first kappa shape index (κ1) is 18.9. The van der Waals surface area contributed by atoms with Gasteiger partial charge in [0.15, 0.2) is 0 Å². The minimum atomic E-state index is -4.51. The molecule has 1 heterocycles. The number of primary amides is 1. The summed E-state index contributed by atoms with van der Waals surface area (Å²) >= 11 is 0. The first-order valence-electron chi connectivity index (χ1n) is 8.76. The number of amides is 1. The number of nitrogens with two attached hydrogens (primary N) is 1. The van der Waals surface area contributed by atoms with Crippen molar-refractivity contribution in [2.24, 2.45) is 5.73 Å². The van der Waals surface area contributed by atoms with Crippen LogP contribution in [0, 0.1) is 6.07 Å². The van der Waals surface area contributed by atoms with Crippen LogP contribution in [0.2, 0.25) is 0 Å². The van der Waals surface area contributed by atoms with Crippen LogP contribution in [-0.4, -0.2) is 17.6 Å². The number of alkyl halides is 3. The zero-order valence-electron chi connectivity index (χ0n) is 15.4. The smallest absolute Gasteiger partial charge is 0.416 e. The van der Waals surface area contributed by atoms with Crippen molar-refractivity contribution in [3.8, 4) is 5.75 Å². The van der Waals surface area contributed by atoms with Crippen LogP contribution in [0.4, 0.5) is 13.2 Å². The third kappa shape index (κ3) is 3.29. The minimum Gasteiger partial charge on any atom is -0.497 e. The quantitative estimate of drug-likeness (QED) is 0.539. The van der Waals surface area contributed by atoms with Crippen LogP contribution in [0.5, 0.6) is 5.75 Å². The van der Waals surface area contributed by atoms with Crippen molar-refractivity contribution in [1.82, 2.24) is 4.57 Å². The Kier molecular flexibility index (Phi) is 4.45. The Bertz CT molecular complexity index is 1240. The summed E-state index contributed by atoms with van der Waals surface area (Å²) in [4.78, 5) is 11.9. The zero-order chi connectivity index (χ0) is 20.8. The lowest BCUT2D eigenvalue weighted by Crippen LogP contribution is -2.11. The second-order valence-electron chi connectivity index (χ2n) is 6.65. The summed E-state index contributed by atoms with van der Waals surface area (Å²) < 4.78 is 46.9. The third-order valence-electron chi connectivity index (χ3n) is 4.86. The number of aromatic nitrogens is 1. The van der Waals surface area contributed by atoms with Gasteiger partial charge in [-0.2, -0.15) is 13.2 Å². The number of carbonyl (C=O) groups is 1. The number of carbonyl (C=O) groups excluding carboxylic acids is 1. The second-order valence-corrected chi connectivity index (χ2v) is 6.65. The van der Waals surface area contributed by atoms with Gasteiger partial charge in [-0.25, -0.2) is 0 Å². The average Bonchev–Trinajstić information content (AvgIpc) is 3.00. The summed E-state index contributed by atoms with van der Waals surface area (Å²) in [6.07, 6.45) is -4.51. The van der Waals surface area contributed by atoms with Crippen LogP contribution in [0.25, 0.3) is 21.8 Å². The van der Waals surface area contributed by atoms with Crippen molar-refractivity contribution < 1.29 is 22.7 Å². The lowest BCUT2D eigenvalue weighted by molar-refractivity contribution is -0.137. The number of methoxy groups -OCH3 is 1. The molecule has 1 amide bonds. The largest absolute Gasteiger partial charge is 0.497 e. The first-order valence-corrected chi connectivity index (χ1v) is 8.76. The molecular formula is C22H16F3N2O2. The highest BCUT2D eigenvalue weighted by atomic mass is 19.4. The SMILES string of the molecule is COc1cccc(Cn2c3cc(C(F)(F)F)c[c]c3c3c(C(N)=O)cccc32)c1. The lowest BCUT2D eigenvalue weighted by Gasteiger charge is -2.11. The van der Waals surface area contributed by atoms with Gasteiger partial charge in [-0.1, -0.05) is 18.2 Å². The van der Waals surface area contributed by atoms with Gasteiger partial charge in [0.1, 0.15) is 5.75 Å². The van der Waals surface area contributed by atoms with E-state index in [1.54, 1.807) is 35.9 Å². The van der Waals surface area contributed by atoms with Crippen molar-refractivity contribution in [2.45, 2.75) is 12.7 Å². The molecule has 0 saturated carbocycles. The molecule has 7 heteroatoms. The summed E-state index contributed by atoms with van der Waals surface area (Å²) in [5, 5.41) is 0.914. The molecule has 1 aromatic heterocycles. The van der Waals surface area contributed by atoms with Gasteiger partial charge in [0.25, 0.3) is 0 Å². The number of fused-ring (bicyclic) bond motifs is 3. The molecule has 147 valence electrons. The summed E-state index contributed by atoms with van der Waals surface area (Å²) in [6, 6.07) is 16.9. The van der Waals surface area contributed by atoms with E-state index in [1.807, 2.05) is 18.2 Å². The lowest BCUT2D eigenvalue weighted by atomic mass is 10.0. The summed E-state index contributed by atoms with van der Waals surface area (Å²) in [5.74, 6) is -0.00652. The van der Waals surface area contributed by atoms with E-state index in [-0.39, 0.29) is 12.1 Å². The molecule has 0 aliphatic carbocycles. The Morgan fingerprint density at radius 3 is 2.59 bits per heavy atom. The van der Waals surface area contributed by atoms with E-state index in [2.05, 4.69) is 6.07 Å². The summed E-state index contributed by atoms with van der Waals surface area (Å²) in [5.41, 5.74) is 6.72. The van der Waals surface area contributed by atoms with Crippen LogP contribution in [-0.2, 0) is 12.7 Å². The molecule has 0 aliphatic rings. The molecule has 2 N–H and O–H groups in total. The van der Waals surface area contributed by atoms with Crippen molar-refractivity contribution in [3.05, 3.63) is 77.4 Å². The van der Waals surface area contributed by atoms with E-state index in [0.717, 1.165) is 17.7 Å². The number of hydrogen-bond acceptors (Lipinski definition) is 2. The molecule has 0 atom stereocenters. The number of hydrogen-bond donors (Lipinski definition) is 1. The number of rotatable bonds is 4. The predicted octanol–water partition coefficient (Wildman–Crippen LogP) is 4.77. The monoisotopic (exact) mass is 397 g/mol. The number of nitrogens with zero attached hydrogens (tertiary/aromatic N) is 1. The molecule has 4 nitrogen and oxygen atoms in total. The molecule has 29 heavy (non-hydrogen) atoms. The molecule has 0 aliphatic heterocycles. The normalized spacial score (nSPS) is 11.9. The minimum absolute atomic E-state index is 0.243. The highest BCUT2D eigenvalue weighted by molar-refractivity contribution is 6.17. The molecular weight excluding hydrogens is 381 g/mol. The maximum atomic E-state index is 13.3. The number of benzene rings is 3. The third-order valence-corrected chi connectivity index (χ3v) is 4.86. The van der Waals surface area contributed by atoms with Gasteiger partial charge in [0, 0.05) is 22.9 Å². The fourth-order valence-corrected chi connectivity index (χ4v) is 3.55. The Balaban J connectivity index is 2.03. The van der Waals surface area contributed by atoms with Gasteiger partial charge in [0.2, 0.25) is 5.91 Å². The van der Waals surface area contributed by atoms with Gasteiger partial charge in [-0.15, -0.1) is 0 Å². The van der Waals surface area contributed by atoms with Crippen LogP contribution < -0.4 is 10.5 Å². The zero-order valence-corrected chi connectivity index (χ0v) is 15.4. The fraction of sp³-hybridized carbons (Fsp3) is 0.136. The maximum absolute atomic E-state index is 13.3. The van der Waals surface area contributed by atoms with Crippen LogP contribution in [0.15, 0.2) is 54.6 Å². The van der Waals surface area contributed by atoms with E-state index in [1.165, 1.54) is 0 Å². The molecule has 0 fully saturated rings. The van der Waals surface area contributed by atoms with Crippen molar-refractivity contribution in [3.63, 3.8) is 0 Å². The maximum Gasteiger partial charge on any atom is 0.416 e. The topological polar surface area (TPSA) is 57.2 Å². The molecule has 3 aromatic carbocycles. The molecule has 0 bridgehead atoms. The summed E-state index contributed by atoms with van der Waals surface area (Å²) in [6.45, 7) is 0.286.